The maximum Gasteiger partial charge on any atom is 1.00 e. The van der Waals surface area contributed by atoms with Gasteiger partial charge in [-0.2, -0.15) is 5.26 Å². The molecule has 1 fully saturated rings. The van der Waals surface area contributed by atoms with E-state index >= 15 is 0 Å². The van der Waals surface area contributed by atoms with E-state index in [1.165, 1.54) is 16.7 Å². The summed E-state index contributed by atoms with van der Waals surface area (Å²) in [5.41, 5.74) is 0.532. The molecule has 1 aliphatic heterocycles. The zero-order chi connectivity index (χ0) is 12.2. The molecule has 0 spiro atoms. The molecule has 5 nitrogen and oxygen atoms in total. The minimum absolute atomic E-state index is 0. The number of rotatable bonds is 3. The molecule has 8 heteroatoms. The molecule has 0 radical (unpaired) electrons. The topological polar surface area (TPSA) is 84.2 Å². The summed E-state index contributed by atoms with van der Waals surface area (Å²) in [6.45, 7) is 2.20. The Morgan fingerprint density at radius 2 is 2.35 bits per heavy atom. The Hall–Kier alpha value is 0.666. The van der Waals surface area contributed by atoms with E-state index in [1.807, 2.05) is 6.07 Å². The number of thioether (sulfide) groups is 1. The molecule has 0 atom stereocenters. The molecule has 0 saturated carbocycles. The molecule has 1 rings (SSSR count). The quantitative estimate of drug-likeness (QED) is 0.336. The molecule has 0 unspecified atom stereocenters. The average molecular weight is 298 g/mol. The zero-order valence-electron chi connectivity index (χ0n) is 9.71. The summed E-state index contributed by atoms with van der Waals surface area (Å²) in [5, 5.41) is 9.26. The van der Waals surface area contributed by atoms with Gasteiger partial charge >= 0.3 is 51.4 Å². The summed E-state index contributed by atoms with van der Waals surface area (Å²) in [6.07, 6.45) is 3.28. The second-order valence-electron chi connectivity index (χ2n) is 3.27. The molecular weight excluding hydrogens is 287 g/mol. The van der Waals surface area contributed by atoms with Crippen molar-refractivity contribution in [3.63, 3.8) is 0 Å². The van der Waals surface area contributed by atoms with Crippen molar-refractivity contribution in [3.8, 4) is 6.07 Å². The summed E-state index contributed by atoms with van der Waals surface area (Å²) in [4.78, 5) is 1.51. The van der Waals surface area contributed by atoms with Crippen LogP contribution in [0.2, 0.25) is 0 Å². The third-order valence-corrected chi connectivity index (χ3v) is 3.59. The van der Waals surface area contributed by atoms with E-state index in [-0.39, 0.29) is 51.4 Å². The molecule has 0 N–H and O–H groups in total. The second-order valence-corrected chi connectivity index (χ2v) is 5.75. The summed E-state index contributed by atoms with van der Waals surface area (Å²) >= 11 is 1.47. The molecule has 0 amide bonds. The van der Waals surface area contributed by atoms with Crippen LogP contribution in [0.5, 0.6) is 0 Å². The first kappa shape index (κ1) is 17.7. The standard InChI is InChI=1S/C9H12N2O3S2.K/c1-8(6-10)2-3-9-11(4-5-15-9)7-16(12,13)14;/h2-3H,4-5,7H2,1H3,(H,12,13,14);/q;+1/p-1. The van der Waals surface area contributed by atoms with Gasteiger partial charge in [0, 0.05) is 17.9 Å². The van der Waals surface area contributed by atoms with E-state index in [0.29, 0.717) is 17.1 Å². The van der Waals surface area contributed by atoms with Gasteiger partial charge in [0.1, 0.15) is 16.0 Å². The van der Waals surface area contributed by atoms with Gasteiger partial charge < -0.3 is 9.45 Å². The van der Waals surface area contributed by atoms with Crippen molar-refractivity contribution in [2.45, 2.75) is 6.92 Å². The first-order valence-corrected chi connectivity index (χ1v) is 7.08. The van der Waals surface area contributed by atoms with E-state index in [9.17, 15) is 13.0 Å². The van der Waals surface area contributed by atoms with Gasteiger partial charge in [0.2, 0.25) is 0 Å². The summed E-state index contributed by atoms with van der Waals surface area (Å²) < 4.78 is 31.9. The van der Waals surface area contributed by atoms with E-state index < -0.39 is 16.0 Å². The molecule has 0 aromatic rings. The fourth-order valence-corrected chi connectivity index (χ4v) is 2.92. The normalized spacial score (nSPS) is 19.0. The average Bonchev–Trinajstić information content (AvgIpc) is 2.59. The molecule has 17 heavy (non-hydrogen) atoms. The Morgan fingerprint density at radius 1 is 1.71 bits per heavy atom. The van der Waals surface area contributed by atoms with Crippen LogP contribution in [-0.4, -0.2) is 36.0 Å². The first-order valence-electron chi connectivity index (χ1n) is 4.52. The Morgan fingerprint density at radius 3 is 2.88 bits per heavy atom. The predicted octanol–water partition coefficient (Wildman–Crippen LogP) is -2.15. The molecular formula is C9H11KN2O3S2. The molecule has 1 aliphatic rings. The first-order chi connectivity index (χ1) is 7.42. The molecule has 0 bridgehead atoms. The van der Waals surface area contributed by atoms with Gasteiger partial charge in [-0.1, -0.05) is 0 Å². The summed E-state index contributed by atoms with van der Waals surface area (Å²) in [6, 6.07) is 1.96. The molecule has 0 aromatic carbocycles. The molecule has 88 valence electrons. The third kappa shape index (κ3) is 6.98. The number of nitrogens with zero attached hydrogens (tertiary/aromatic N) is 2. The van der Waals surface area contributed by atoms with Crippen molar-refractivity contribution in [1.82, 2.24) is 4.90 Å². The van der Waals surface area contributed by atoms with Crippen LogP contribution in [0.15, 0.2) is 22.8 Å². The Balaban J connectivity index is 0.00000256. The van der Waals surface area contributed by atoms with Crippen molar-refractivity contribution < 1.29 is 64.4 Å². The van der Waals surface area contributed by atoms with Gasteiger partial charge in [-0.3, -0.25) is 0 Å². The minimum Gasteiger partial charge on any atom is -0.747 e. The van der Waals surface area contributed by atoms with Crippen molar-refractivity contribution in [3.05, 3.63) is 22.8 Å². The molecule has 1 heterocycles. The maximum atomic E-state index is 10.6. The van der Waals surface area contributed by atoms with Gasteiger partial charge in [-0.15, -0.1) is 11.8 Å². The van der Waals surface area contributed by atoms with Crippen LogP contribution >= 0.6 is 11.8 Å². The van der Waals surface area contributed by atoms with Crippen LogP contribution in [0.3, 0.4) is 0 Å². The Bertz CT molecular complexity index is 465. The SMILES string of the molecule is CC(C#N)=CC=C1SCCN1CS(=O)(=O)[O-].[K+]. The van der Waals surface area contributed by atoms with Crippen LogP contribution in [0.4, 0.5) is 0 Å². The molecule has 1 saturated heterocycles. The number of allylic oxidation sites excluding steroid dienone is 3. The largest absolute Gasteiger partial charge is 1.00 e. The van der Waals surface area contributed by atoms with Crippen molar-refractivity contribution >= 4 is 21.9 Å². The number of nitriles is 1. The van der Waals surface area contributed by atoms with Gasteiger partial charge in [0.25, 0.3) is 0 Å². The number of hydrogen-bond donors (Lipinski definition) is 0. The van der Waals surface area contributed by atoms with E-state index in [1.54, 1.807) is 19.1 Å². The molecule has 0 aromatic heterocycles. The summed E-state index contributed by atoms with van der Waals surface area (Å²) in [5.74, 6) is 0.242. The second kappa shape index (κ2) is 7.96. The Kier molecular flexibility index (Phi) is 8.27. The number of hydrogen-bond acceptors (Lipinski definition) is 6. The van der Waals surface area contributed by atoms with Crippen LogP contribution in [0.1, 0.15) is 6.92 Å². The summed E-state index contributed by atoms with van der Waals surface area (Å²) in [7, 11) is -4.25. The van der Waals surface area contributed by atoms with Crippen molar-refractivity contribution in [2.24, 2.45) is 0 Å². The fraction of sp³-hybridized carbons (Fsp3) is 0.444. The third-order valence-electron chi connectivity index (χ3n) is 1.89. The van der Waals surface area contributed by atoms with Gasteiger partial charge in [0.15, 0.2) is 0 Å². The van der Waals surface area contributed by atoms with Gasteiger partial charge in [-0.25, -0.2) is 8.42 Å². The minimum atomic E-state index is -4.25. The van der Waals surface area contributed by atoms with E-state index in [2.05, 4.69) is 0 Å². The van der Waals surface area contributed by atoms with Crippen LogP contribution in [-0.2, 0) is 10.1 Å². The predicted molar refractivity (Wildman–Crippen MR) is 61.2 cm³/mol. The van der Waals surface area contributed by atoms with Gasteiger partial charge in [0.05, 0.1) is 11.1 Å². The van der Waals surface area contributed by atoms with Crippen molar-refractivity contribution in [1.29, 1.82) is 5.26 Å². The van der Waals surface area contributed by atoms with E-state index in [0.717, 1.165) is 5.75 Å². The smallest absolute Gasteiger partial charge is 0.747 e. The Labute approximate surface area is 148 Å². The monoisotopic (exact) mass is 298 g/mol. The van der Waals surface area contributed by atoms with Crippen molar-refractivity contribution in [2.75, 3.05) is 18.2 Å². The van der Waals surface area contributed by atoms with Crippen LogP contribution in [0, 0.1) is 11.3 Å². The van der Waals surface area contributed by atoms with E-state index in [4.69, 9.17) is 5.26 Å². The fourth-order valence-electron chi connectivity index (χ4n) is 1.17. The molecule has 0 aliphatic carbocycles. The maximum absolute atomic E-state index is 10.6. The zero-order valence-corrected chi connectivity index (χ0v) is 14.5. The van der Waals surface area contributed by atoms with Gasteiger partial charge in [-0.05, 0) is 19.1 Å². The van der Waals surface area contributed by atoms with Crippen LogP contribution < -0.4 is 51.4 Å². The van der Waals surface area contributed by atoms with Crippen LogP contribution in [0.25, 0.3) is 0 Å².